The second-order valence-corrected chi connectivity index (χ2v) is 5.93. The van der Waals surface area contributed by atoms with Crippen LogP contribution >= 0.6 is 11.6 Å². The predicted molar refractivity (Wildman–Crippen MR) is 59.5 cm³/mol. The summed E-state index contributed by atoms with van der Waals surface area (Å²) in [6, 6.07) is 4.86. The van der Waals surface area contributed by atoms with Crippen molar-refractivity contribution in [2.24, 2.45) is 0 Å². The highest BCUT2D eigenvalue weighted by Gasteiger charge is 2.27. The maximum Gasteiger partial charge on any atom is 0.240 e. The van der Waals surface area contributed by atoms with Gasteiger partial charge in [-0.1, -0.05) is 11.6 Å². The van der Waals surface area contributed by atoms with Crippen LogP contribution in [-0.2, 0) is 10.0 Å². The number of halogens is 1. The van der Waals surface area contributed by atoms with E-state index in [1.165, 1.54) is 6.07 Å². The summed E-state index contributed by atoms with van der Waals surface area (Å²) in [5.41, 5.74) is 0.773. The van der Waals surface area contributed by atoms with E-state index in [0.717, 1.165) is 18.4 Å². The third kappa shape index (κ3) is 2.51. The van der Waals surface area contributed by atoms with Crippen molar-refractivity contribution < 1.29 is 8.42 Å². The molecule has 82 valence electrons. The molecule has 0 aromatic heterocycles. The number of aryl methyl sites for hydroxylation is 1. The van der Waals surface area contributed by atoms with Gasteiger partial charge in [0.05, 0.1) is 4.90 Å². The van der Waals surface area contributed by atoms with Crippen LogP contribution in [0.3, 0.4) is 0 Å². The van der Waals surface area contributed by atoms with Crippen molar-refractivity contribution in [1.82, 2.24) is 4.72 Å². The van der Waals surface area contributed by atoms with E-state index in [4.69, 9.17) is 11.6 Å². The second-order valence-electron chi connectivity index (χ2n) is 3.81. The van der Waals surface area contributed by atoms with E-state index in [9.17, 15) is 8.42 Å². The minimum Gasteiger partial charge on any atom is -0.208 e. The largest absolute Gasteiger partial charge is 0.240 e. The van der Waals surface area contributed by atoms with Crippen LogP contribution in [0.15, 0.2) is 23.1 Å². The monoisotopic (exact) mass is 245 g/mol. The summed E-state index contributed by atoms with van der Waals surface area (Å²) in [7, 11) is -3.34. The van der Waals surface area contributed by atoms with Gasteiger partial charge in [-0.2, -0.15) is 0 Å². The van der Waals surface area contributed by atoms with Gasteiger partial charge in [0.2, 0.25) is 10.0 Å². The highest BCUT2D eigenvalue weighted by molar-refractivity contribution is 7.89. The Labute approximate surface area is 94.5 Å². The molecular formula is C10H12ClNO2S. The summed E-state index contributed by atoms with van der Waals surface area (Å²) in [4.78, 5) is 0.288. The Morgan fingerprint density at radius 1 is 1.40 bits per heavy atom. The number of rotatable bonds is 3. The highest BCUT2D eigenvalue weighted by Crippen LogP contribution is 2.24. The maximum absolute atomic E-state index is 11.8. The van der Waals surface area contributed by atoms with Gasteiger partial charge in [0.25, 0.3) is 0 Å². The Bertz CT molecular complexity index is 480. The molecule has 0 aliphatic heterocycles. The molecule has 1 N–H and O–H groups in total. The molecule has 0 heterocycles. The Balaban J connectivity index is 2.31. The number of sulfonamides is 1. The minimum atomic E-state index is -3.34. The van der Waals surface area contributed by atoms with Crippen LogP contribution in [0.1, 0.15) is 18.4 Å². The smallest absolute Gasteiger partial charge is 0.208 e. The summed E-state index contributed by atoms with van der Waals surface area (Å²) in [5, 5.41) is 0.584. The molecule has 0 saturated heterocycles. The molecule has 1 fully saturated rings. The standard InChI is InChI=1S/C10H12ClNO2S/c1-7-6-9(4-5-10(7)11)15(13,14)12-8-2-3-8/h4-6,8,12H,2-3H2,1H3. The maximum atomic E-state index is 11.8. The van der Waals surface area contributed by atoms with Gasteiger partial charge in [-0.25, -0.2) is 13.1 Å². The molecule has 0 radical (unpaired) electrons. The van der Waals surface area contributed by atoms with Crippen LogP contribution in [0.5, 0.6) is 0 Å². The van der Waals surface area contributed by atoms with Crippen LogP contribution in [0.2, 0.25) is 5.02 Å². The molecule has 0 amide bonds. The van der Waals surface area contributed by atoms with Crippen molar-refractivity contribution in [3.8, 4) is 0 Å². The third-order valence-electron chi connectivity index (χ3n) is 2.34. The molecular weight excluding hydrogens is 234 g/mol. The van der Waals surface area contributed by atoms with Gasteiger partial charge in [0, 0.05) is 11.1 Å². The van der Waals surface area contributed by atoms with Crippen molar-refractivity contribution in [3.05, 3.63) is 28.8 Å². The predicted octanol–water partition coefficient (Wildman–Crippen LogP) is 2.09. The van der Waals surface area contributed by atoms with Crippen LogP contribution in [-0.4, -0.2) is 14.5 Å². The van der Waals surface area contributed by atoms with E-state index in [-0.39, 0.29) is 10.9 Å². The lowest BCUT2D eigenvalue weighted by molar-refractivity contribution is 0.581. The van der Waals surface area contributed by atoms with Gasteiger partial charge in [-0.15, -0.1) is 0 Å². The second kappa shape index (κ2) is 3.77. The quantitative estimate of drug-likeness (QED) is 0.887. The first-order valence-corrected chi connectivity index (χ1v) is 6.63. The fourth-order valence-corrected chi connectivity index (χ4v) is 2.78. The van der Waals surface area contributed by atoms with Crippen molar-refractivity contribution >= 4 is 21.6 Å². The molecule has 0 unspecified atom stereocenters. The summed E-state index contributed by atoms with van der Waals surface area (Å²) >= 11 is 5.83. The normalized spacial score (nSPS) is 16.7. The molecule has 0 atom stereocenters. The van der Waals surface area contributed by atoms with Crippen molar-refractivity contribution in [2.45, 2.75) is 30.7 Å². The van der Waals surface area contributed by atoms with Crippen molar-refractivity contribution in [3.63, 3.8) is 0 Å². The first-order valence-electron chi connectivity index (χ1n) is 4.77. The zero-order valence-electron chi connectivity index (χ0n) is 8.33. The first kappa shape index (κ1) is 10.9. The zero-order chi connectivity index (χ0) is 11.1. The summed E-state index contributed by atoms with van der Waals surface area (Å²) in [5.74, 6) is 0. The minimum absolute atomic E-state index is 0.131. The molecule has 1 aliphatic carbocycles. The van der Waals surface area contributed by atoms with Gasteiger partial charge in [0.1, 0.15) is 0 Å². The van der Waals surface area contributed by atoms with Crippen molar-refractivity contribution in [2.75, 3.05) is 0 Å². The van der Waals surface area contributed by atoms with Gasteiger partial charge in [-0.05, 0) is 43.5 Å². The molecule has 1 aromatic rings. The lowest BCUT2D eigenvalue weighted by Crippen LogP contribution is -2.25. The van der Waals surface area contributed by atoms with Gasteiger partial charge in [-0.3, -0.25) is 0 Å². The molecule has 0 bridgehead atoms. The zero-order valence-corrected chi connectivity index (χ0v) is 9.90. The number of hydrogen-bond acceptors (Lipinski definition) is 2. The van der Waals surface area contributed by atoms with Crippen molar-refractivity contribution in [1.29, 1.82) is 0 Å². The van der Waals surface area contributed by atoms with Gasteiger partial charge < -0.3 is 0 Å². The number of benzene rings is 1. The van der Waals surface area contributed by atoms with E-state index < -0.39 is 10.0 Å². The summed E-state index contributed by atoms with van der Waals surface area (Å²) in [6.07, 6.45) is 1.87. The highest BCUT2D eigenvalue weighted by atomic mass is 35.5. The fraction of sp³-hybridized carbons (Fsp3) is 0.400. The van der Waals surface area contributed by atoms with E-state index in [1.54, 1.807) is 19.1 Å². The molecule has 5 heteroatoms. The molecule has 0 spiro atoms. The van der Waals surface area contributed by atoms with Crippen LogP contribution in [0.25, 0.3) is 0 Å². The van der Waals surface area contributed by atoms with E-state index in [0.29, 0.717) is 5.02 Å². The topological polar surface area (TPSA) is 46.2 Å². The fourth-order valence-electron chi connectivity index (χ4n) is 1.27. The first-order chi connectivity index (χ1) is 6.99. The van der Waals surface area contributed by atoms with Crippen LogP contribution < -0.4 is 4.72 Å². The SMILES string of the molecule is Cc1cc(S(=O)(=O)NC2CC2)ccc1Cl. The Kier molecular flexibility index (Phi) is 2.75. The number of nitrogens with one attached hydrogen (secondary N) is 1. The molecule has 1 aliphatic rings. The molecule has 3 nitrogen and oxygen atoms in total. The van der Waals surface area contributed by atoms with Crippen LogP contribution in [0.4, 0.5) is 0 Å². The van der Waals surface area contributed by atoms with E-state index >= 15 is 0 Å². The Hall–Kier alpha value is -0.580. The summed E-state index contributed by atoms with van der Waals surface area (Å²) in [6.45, 7) is 1.79. The lowest BCUT2D eigenvalue weighted by atomic mass is 10.2. The Morgan fingerprint density at radius 2 is 2.07 bits per heavy atom. The summed E-state index contributed by atoms with van der Waals surface area (Å²) < 4.78 is 26.2. The molecule has 1 aromatic carbocycles. The van der Waals surface area contributed by atoms with E-state index in [1.807, 2.05) is 0 Å². The van der Waals surface area contributed by atoms with E-state index in [2.05, 4.69) is 4.72 Å². The average molecular weight is 246 g/mol. The third-order valence-corrected chi connectivity index (χ3v) is 4.28. The van der Waals surface area contributed by atoms with Crippen LogP contribution in [0, 0.1) is 6.92 Å². The van der Waals surface area contributed by atoms with Gasteiger partial charge >= 0.3 is 0 Å². The molecule has 2 rings (SSSR count). The molecule has 1 saturated carbocycles. The Morgan fingerprint density at radius 3 is 2.60 bits per heavy atom. The molecule has 15 heavy (non-hydrogen) atoms. The number of hydrogen-bond donors (Lipinski definition) is 1. The lowest BCUT2D eigenvalue weighted by Gasteiger charge is -2.06. The van der Waals surface area contributed by atoms with Gasteiger partial charge in [0.15, 0.2) is 0 Å². The average Bonchev–Trinajstić information content (AvgIpc) is 2.92.